The average Bonchev–Trinajstić information content (AvgIpc) is 2.82. The molecule has 3 nitrogen and oxygen atoms in total. The Labute approximate surface area is 109 Å². The number of fused-ring (bicyclic) bond motifs is 1. The summed E-state index contributed by atoms with van der Waals surface area (Å²) in [4.78, 5) is 15.8. The molecule has 0 amide bonds. The SMILES string of the molecule is O=C([O-])[C@H]1CCCC[C@H]1c1nc2ccccc2s1. The van der Waals surface area contributed by atoms with Gasteiger partial charge in [0.2, 0.25) is 0 Å². The fraction of sp³-hybridized carbons (Fsp3) is 0.429. The van der Waals surface area contributed by atoms with E-state index in [2.05, 4.69) is 4.98 Å². The molecule has 0 radical (unpaired) electrons. The lowest BCUT2D eigenvalue weighted by Gasteiger charge is -2.30. The van der Waals surface area contributed by atoms with Gasteiger partial charge < -0.3 is 9.90 Å². The van der Waals surface area contributed by atoms with Crippen LogP contribution in [-0.2, 0) is 4.79 Å². The maximum absolute atomic E-state index is 11.2. The zero-order valence-electron chi connectivity index (χ0n) is 9.96. The number of para-hydroxylation sites is 1. The Bertz CT molecular complexity index is 545. The number of hydrogen-bond donors (Lipinski definition) is 0. The Balaban J connectivity index is 1.98. The van der Waals surface area contributed by atoms with Crippen LogP contribution in [0.15, 0.2) is 24.3 Å². The fourth-order valence-electron chi connectivity index (χ4n) is 2.76. The monoisotopic (exact) mass is 260 g/mol. The second-order valence-corrected chi connectivity index (χ2v) is 5.90. The third kappa shape index (κ3) is 2.01. The van der Waals surface area contributed by atoms with Crippen LogP contribution in [0, 0.1) is 5.92 Å². The number of aromatic nitrogens is 1. The predicted molar refractivity (Wildman–Crippen MR) is 69.3 cm³/mol. The molecule has 2 aromatic rings. The molecule has 94 valence electrons. The molecule has 1 aromatic heterocycles. The molecule has 3 rings (SSSR count). The largest absolute Gasteiger partial charge is 0.550 e. The number of nitrogens with zero attached hydrogens (tertiary/aromatic N) is 1. The van der Waals surface area contributed by atoms with Gasteiger partial charge in [0.15, 0.2) is 0 Å². The van der Waals surface area contributed by atoms with Crippen LogP contribution < -0.4 is 5.11 Å². The smallest absolute Gasteiger partial charge is 0.0976 e. The Kier molecular flexibility index (Phi) is 3.04. The Hall–Kier alpha value is -1.42. The van der Waals surface area contributed by atoms with Gasteiger partial charge in [-0.15, -0.1) is 11.3 Å². The molecular weight excluding hydrogens is 246 g/mol. The minimum Gasteiger partial charge on any atom is -0.550 e. The van der Waals surface area contributed by atoms with E-state index in [0.717, 1.165) is 40.9 Å². The van der Waals surface area contributed by atoms with Gasteiger partial charge in [0.25, 0.3) is 0 Å². The number of rotatable bonds is 2. The van der Waals surface area contributed by atoms with Gasteiger partial charge in [0, 0.05) is 17.8 Å². The van der Waals surface area contributed by atoms with Crippen LogP contribution in [0.3, 0.4) is 0 Å². The van der Waals surface area contributed by atoms with Crippen molar-refractivity contribution in [3.8, 4) is 0 Å². The quantitative estimate of drug-likeness (QED) is 0.832. The Morgan fingerprint density at radius 3 is 2.83 bits per heavy atom. The molecule has 1 aromatic carbocycles. The molecule has 1 saturated carbocycles. The first-order valence-corrected chi connectivity index (χ1v) is 7.13. The molecule has 0 aliphatic heterocycles. The standard InChI is InChI=1S/C14H15NO2S/c16-14(17)10-6-2-1-5-9(10)13-15-11-7-3-4-8-12(11)18-13/h3-4,7-10H,1-2,5-6H2,(H,16,17)/p-1/t9-,10+/m1/s1. The van der Waals surface area contributed by atoms with Crippen LogP contribution >= 0.6 is 11.3 Å². The van der Waals surface area contributed by atoms with Crippen molar-refractivity contribution in [2.75, 3.05) is 0 Å². The first kappa shape index (κ1) is 11.7. The van der Waals surface area contributed by atoms with Crippen molar-refractivity contribution in [2.45, 2.75) is 31.6 Å². The summed E-state index contributed by atoms with van der Waals surface area (Å²) in [5.74, 6) is -1.24. The van der Waals surface area contributed by atoms with Gasteiger partial charge in [0.1, 0.15) is 0 Å². The third-order valence-electron chi connectivity index (χ3n) is 3.70. The highest BCUT2D eigenvalue weighted by Crippen LogP contribution is 2.40. The summed E-state index contributed by atoms with van der Waals surface area (Å²) in [6.07, 6.45) is 3.71. The second-order valence-electron chi connectivity index (χ2n) is 4.84. The van der Waals surface area contributed by atoms with E-state index in [-0.39, 0.29) is 11.8 Å². The number of thiazole rings is 1. The number of carbonyl (C=O) groups is 1. The zero-order valence-corrected chi connectivity index (χ0v) is 10.8. The summed E-state index contributed by atoms with van der Waals surface area (Å²) in [6.45, 7) is 0. The van der Waals surface area contributed by atoms with E-state index in [4.69, 9.17) is 0 Å². The van der Waals surface area contributed by atoms with E-state index in [1.165, 1.54) is 0 Å². The first-order chi connectivity index (χ1) is 8.75. The van der Waals surface area contributed by atoms with Crippen molar-refractivity contribution in [1.82, 2.24) is 4.98 Å². The Morgan fingerprint density at radius 1 is 1.28 bits per heavy atom. The number of carboxylic acid groups (broad SMARTS) is 1. The molecule has 0 saturated heterocycles. The summed E-state index contributed by atoms with van der Waals surface area (Å²) in [6, 6.07) is 7.96. The third-order valence-corrected chi connectivity index (χ3v) is 4.86. The van der Waals surface area contributed by atoms with Gasteiger partial charge in [-0.2, -0.15) is 0 Å². The van der Waals surface area contributed by atoms with Crippen molar-refractivity contribution in [3.63, 3.8) is 0 Å². The molecule has 1 aliphatic carbocycles. The average molecular weight is 260 g/mol. The minimum atomic E-state index is -0.918. The topological polar surface area (TPSA) is 53.0 Å². The van der Waals surface area contributed by atoms with Crippen molar-refractivity contribution in [2.24, 2.45) is 5.92 Å². The van der Waals surface area contributed by atoms with Gasteiger partial charge >= 0.3 is 0 Å². The molecule has 18 heavy (non-hydrogen) atoms. The van der Waals surface area contributed by atoms with E-state index in [0.29, 0.717) is 0 Å². The van der Waals surface area contributed by atoms with Gasteiger partial charge in [0.05, 0.1) is 15.2 Å². The summed E-state index contributed by atoms with van der Waals surface area (Å²) < 4.78 is 1.13. The highest BCUT2D eigenvalue weighted by atomic mass is 32.1. The normalized spacial score (nSPS) is 24.2. The van der Waals surface area contributed by atoms with Gasteiger partial charge in [-0.1, -0.05) is 25.0 Å². The predicted octanol–water partition coefficient (Wildman–Crippen LogP) is 2.32. The lowest BCUT2D eigenvalue weighted by molar-refractivity contribution is -0.313. The van der Waals surface area contributed by atoms with Crippen LogP contribution in [0.25, 0.3) is 10.2 Å². The lowest BCUT2D eigenvalue weighted by atomic mass is 9.79. The molecule has 4 heteroatoms. The van der Waals surface area contributed by atoms with Crippen molar-refractivity contribution in [1.29, 1.82) is 0 Å². The summed E-state index contributed by atoms with van der Waals surface area (Å²) in [7, 11) is 0. The maximum Gasteiger partial charge on any atom is 0.0976 e. The molecule has 0 bridgehead atoms. The number of hydrogen-bond acceptors (Lipinski definition) is 4. The summed E-state index contributed by atoms with van der Waals surface area (Å²) >= 11 is 1.62. The van der Waals surface area contributed by atoms with E-state index in [9.17, 15) is 9.90 Å². The first-order valence-electron chi connectivity index (χ1n) is 6.32. The Morgan fingerprint density at radius 2 is 2.06 bits per heavy atom. The fourth-order valence-corrected chi connectivity index (χ4v) is 3.92. The number of carbonyl (C=O) groups excluding carboxylic acids is 1. The molecule has 0 spiro atoms. The molecule has 1 fully saturated rings. The van der Waals surface area contributed by atoms with Crippen molar-refractivity contribution >= 4 is 27.5 Å². The van der Waals surface area contributed by atoms with Gasteiger partial charge in [-0.25, -0.2) is 4.98 Å². The number of benzene rings is 1. The van der Waals surface area contributed by atoms with Crippen LogP contribution in [0.5, 0.6) is 0 Å². The van der Waals surface area contributed by atoms with Gasteiger partial charge in [-0.3, -0.25) is 0 Å². The second kappa shape index (κ2) is 4.69. The zero-order chi connectivity index (χ0) is 12.5. The van der Waals surface area contributed by atoms with E-state index in [1.54, 1.807) is 11.3 Å². The molecule has 1 heterocycles. The summed E-state index contributed by atoms with van der Waals surface area (Å²) in [5.41, 5.74) is 0.972. The van der Waals surface area contributed by atoms with Crippen LogP contribution in [0.4, 0.5) is 0 Å². The minimum absolute atomic E-state index is 0.0427. The van der Waals surface area contributed by atoms with Crippen LogP contribution in [0.1, 0.15) is 36.6 Å². The van der Waals surface area contributed by atoms with E-state index < -0.39 is 5.97 Å². The van der Waals surface area contributed by atoms with Crippen LogP contribution in [-0.4, -0.2) is 11.0 Å². The molecule has 2 atom stereocenters. The number of carboxylic acids is 1. The molecule has 1 aliphatic rings. The highest BCUT2D eigenvalue weighted by molar-refractivity contribution is 7.18. The summed E-state index contributed by atoms with van der Waals surface area (Å²) in [5, 5.41) is 12.2. The van der Waals surface area contributed by atoms with Crippen molar-refractivity contribution < 1.29 is 9.90 Å². The number of aliphatic carboxylic acids is 1. The molecule has 0 N–H and O–H groups in total. The maximum atomic E-state index is 11.2. The lowest BCUT2D eigenvalue weighted by Crippen LogP contribution is -2.36. The molecule has 0 unspecified atom stereocenters. The van der Waals surface area contributed by atoms with Crippen molar-refractivity contribution in [3.05, 3.63) is 29.3 Å². The van der Waals surface area contributed by atoms with E-state index in [1.807, 2.05) is 24.3 Å². The molecular formula is C14H14NO2S-. The highest BCUT2D eigenvalue weighted by Gasteiger charge is 2.29. The van der Waals surface area contributed by atoms with Gasteiger partial charge in [-0.05, 0) is 25.0 Å². The van der Waals surface area contributed by atoms with E-state index >= 15 is 0 Å². The van der Waals surface area contributed by atoms with Crippen LogP contribution in [0.2, 0.25) is 0 Å².